The largest absolute Gasteiger partial charge is 0.285 e. The van der Waals surface area contributed by atoms with Crippen LogP contribution in [0.4, 0.5) is 5.13 Å². The van der Waals surface area contributed by atoms with Gasteiger partial charge in [0.2, 0.25) is 5.13 Å². The van der Waals surface area contributed by atoms with Gasteiger partial charge < -0.3 is 0 Å². The number of nitrogens with one attached hydrogen (secondary N) is 1. The summed E-state index contributed by atoms with van der Waals surface area (Å²) in [7, 11) is 3.77. The van der Waals surface area contributed by atoms with Gasteiger partial charge in [0, 0.05) is 19.7 Å². The second-order valence-electron chi connectivity index (χ2n) is 3.49. The van der Waals surface area contributed by atoms with E-state index in [-0.39, 0.29) is 0 Å². The maximum Gasteiger partial charge on any atom is 0.222 e. The van der Waals surface area contributed by atoms with Crippen molar-refractivity contribution in [2.45, 2.75) is 6.92 Å². The molecule has 0 spiro atoms. The second-order valence-corrected chi connectivity index (χ2v) is 4.44. The van der Waals surface area contributed by atoms with Gasteiger partial charge in [-0.25, -0.2) is 5.43 Å². The number of hydrazine groups is 1. The lowest BCUT2D eigenvalue weighted by Gasteiger charge is -2.11. The molecular formula is C11H14N4S. The van der Waals surface area contributed by atoms with Crippen molar-refractivity contribution in [3.8, 4) is 10.6 Å². The quantitative estimate of drug-likeness (QED) is 0.826. The standard InChI is InChI=1S/C11H14N4S/c1-8-6-4-5-7-9(8)10-13-14-11(16-10)15(3)12-2/h4-7,12H,1-3H3. The van der Waals surface area contributed by atoms with E-state index in [0.717, 1.165) is 15.7 Å². The Morgan fingerprint density at radius 1 is 1.25 bits per heavy atom. The minimum atomic E-state index is 0.862. The van der Waals surface area contributed by atoms with Gasteiger partial charge in [-0.1, -0.05) is 35.6 Å². The van der Waals surface area contributed by atoms with Crippen molar-refractivity contribution in [1.29, 1.82) is 0 Å². The Kier molecular flexibility index (Phi) is 3.17. The van der Waals surface area contributed by atoms with Crippen LogP contribution in [0.3, 0.4) is 0 Å². The Morgan fingerprint density at radius 3 is 2.69 bits per heavy atom. The van der Waals surface area contributed by atoms with Crippen LogP contribution in [0.5, 0.6) is 0 Å². The van der Waals surface area contributed by atoms with Crippen molar-refractivity contribution in [2.75, 3.05) is 19.1 Å². The van der Waals surface area contributed by atoms with E-state index in [2.05, 4.69) is 34.7 Å². The maximum absolute atomic E-state index is 4.20. The zero-order chi connectivity index (χ0) is 11.5. The van der Waals surface area contributed by atoms with Crippen molar-refractivity contribution < 1.29 is 0 Å². The number of aryl methyl sites for hydroxylation is 1. The summed E-state index contributed by atoms with van der Waals surface area (Å²) in [5.74, 6) is 0. The van der Waals surface area contributed by atoms with Crippen LogP contribution in [-0.4, -0.2) is 24.3 Å². The summed E-state index contributed by atoms with van der Waals surface area (Å²) >= 11 is 1.57. The fourth-order valence-electron chi connectivity index (χ4n) is 1.37. The zero-order valence-corrected chi connectivity index (χ0v) is 10.4. The SMILES string of the molecule is CNN(C)c1nnc(-c2ccccc2C)s1. The van der Waals surface area contributed by atoms with Crippen molar-refractivity contribution in [3.05, 3.63) is 29.8 Å². The van der Waals surface area contributed by atoms with Crippen LogP contribution in [0.1, 0.15) is 5.56 Å². The van der Waals surface area contributed by atoms with Gasteiger partial charge in [-0.15, -0.1) is 10.2 Å². The molecule has 1 heterocycles. The molecule has 5 heteroatoms. The molecule has 0 amide bonds. The molecule has 2 aromatic rings. The first-order chi connectivity index (χ1) is 7.72. The third-order valence-corrected chi connectivity index (χ3v) is 3.45. The number of anilines is 1. The van der Waals surface area contributed by atoms with E-state index in [1.807, 2.05) is 31.2 Å². The van der Waals surface area contributed by atoms with Gasteiger partial charge in [-0.2, -0.15) is 0 Å². The molecule has 1 N–H and O–H groups in total. The predicted molar refractivity (Wildman–Crippen MR) is 67.5 cm³/mol. The van der Waals surface area contributed by atoms with Gasteiger partial charge in [-0.3, -0.25) is 5.01 Å². The average molecular weight is 234 g/mol. The molecule has 0 aliphatic heterocycles. The first-order valence-electron chi connectivity index (χ1n) is 5.03. The molecule has 0 saturated heterocycles. The van der Waals surface area contributed by atoms with E-state index < -0.39 is 0 Å². The van der Waals surface area contributed by atoms with Gasteiger partial charge in [0.05, 0.1) is 0 Å². The maximum atomic E-state index is 4.20. The molecule has 16 heavy (non-hydrogen) atoms. The van der Waals surface area contributed by atoms with Gasteiger partial charge in [0.15, 0.2) is 0 Å². The number of hydrogen-bond donors (Lipinski definition) is 1. The van der Waals surface area contributed by atoms with E-state index >= 15 is 0 Å². The lowest BCUT2D eigenvalue weighted by molar-refractivity contribution is 0.778. The minimum absolute atomic E-state index is 0.862. The number of aromatic nitrogens is 2. The Labute approximate surface area is 98.9 Å². The molecule has 0 aliphatic rings. The highest BCUT2D eigenvalue weighted by atomic mass is 32.1. The van der Waals surface area contributed by atoms with Gasteiger partial charge >= 0.3 is 0 Å². The summed E-state index contributed by atoms with van der Waals surface area (Å²) in [6.07, 6.45) is 0. The third kappa shape index (κ3) is 2.05. The van der Waals surface area contributed by atoms with Crippen LogP contribution in [0.15, 0.2) is 24.3 Å². The Bertz CT molecular complexity index is 480. The van der Waals surface area contributed by atoms with Crippen LogP contribution in [0.25, 0.3) is 10.6 Å². The summed E-state index contributed by atoms with van der Waals surface area (Å²) in [4.78, 5) is 0. The van der Waals surface area contributed by atoms with Crippen molar-refractivity contribution >= 4 is 16.5 Å². The number of benzene rings is 1. The highest BCUT2D eigenvalue weighted by molar-refractivity contribution is 7.18. The summed E-state index contributed by atoms with van der Waals surface area (Å²) in [6.45, 7) is 2.08. The summed E-state index contributed by atoms with van der Waals surface area (Å²) in [5.41, 5.74) is 5.37. The molecule has 0 unspecified atom stereocenters. The van der Waals surface area contributed by atoms with Gasteiger partial charge in [0.1, 0.15) is 5.01 Å². The highest BCUT2D eigenvalue weighted by Gasteiger charge is 2.10. The van der Waals surface area contributed by atoms with Crippen LogP contribution in [0.2, 0.25) is 0 Å². The van der Waals surface area contributed by atoms with Crippen LogP contribution in [-0.2, 0) is 0 Å². The number of hydrogen-bond acceptors (Lipinski definition) is 5. The van der Waals surface area contributed by atoms with Gasteiger partial charge in [0.25, 0.3) is 0 Å². The summed E-state index contributed by atoms with van der Waals surface area (Å²) in [5, 5.41) is 12.0. The molecule has 0 atom stereocenters. The predicted octanol–water partition coefficient (Wildman–Crippen LogP) is 2.08. The molecule has 0 saturated carbocycles. The van der Waals surface area contributed by atoms with E-state index in [9.17, 15) is 0 Å². The molecule has 84 valence electrons. The molecule has 0 aliphatic carbocycles. The van der Waals surface area contributed by atoms with Crippen LogP contribution in [0, 0.1) is 6.92 Å². The molecule has 1 aromatic heterocycles. The average Bonchev–Trinajstić information content (AvgIpc) is 2.78. The van der Waals surface area contributed by atoms with E-state index in [4.69, 9.17) is 0 Å². The molecule has 0 fully saturated rings. The van der Waals surface area contributed by atoms with Crippen molar-refractivity contribution in [3.63, 3.8) is 0 Å². The molecule has 4 nitrogen and oxygen atoms in total. The molecule has 1 aromatic carbocycles. The summed E-state index contributed by atoms with van der Waals surface area (Å²) in [6, 6.07) is 8.20. The minimum Gasteiger partial charge on any atom is -0.285 e. The third-order valence-electron chi connectivity index (χ3n) is 2.41. The lowest BCUT2D eigenvalue weighted by Crippen LogP contribution is -2.30. The van der Waals surface area contributed by atoms with Gasteiger partial charge in [-0.05, 0) is 12.5 Å². The Morgan fingerprint density at radius 2 is 2.00 bits per heavy atom. The van der Waals surface area contributed by atoms with Crippen LogP contribution < -0.4 is 10.4 Å². The number of nitrogens with zero attached hydrogens (tertiary/aromatic N) is 3. The first-order valence-corrected chi connectivity index (χ1v) is 5.84. The van der Waals surface area contributed by atoms with Crippen molar-refractivity contribution in [2.24, 2.45) is 0 Å². The van der Waals surface area contributed by atoms with E-state index in [1.54, 1.807) is 11.3 Å². The normalized spacial score (nSPS) is 10.4. The molecular weight excluding hydrogens is 220 g/mol. The topological polar surface area (TPSA) is 41.0 Å². The lowest BCUT2D eigenvalue weighted by atomic mass is 10.1. The second kappa shape index (κ2) is 4.59. The fourth-order valence-corrected chi connectivity index (χ4v) is 2.27. The zero-order valence-electron chi connectivity index (χ0n) is 9.56. The monoisotopic (exact) mass is 234 g/mol. The number of rotatable bonds is 3. The van der Waals surface area contributed by atoms with E-state index in [0.29, 0.717) is 0 Å². The first kappa shape index (κ1) is 11.0. The fraction of sp³-hybridized carbons (Fsp3) is 0.273. The highest BCUT2D eigenvalue weighted by Crippen LogP contribution is 2.29. The van der Waals surface area contributed by atoms with Crippen LogP contribution >= 0.6 is 11.3 Å². The van der Waals surface area contributed by atoms with E-state index in [1.165, 1.54) is 5.56 Å². The van der Waals surface area contributed by atoms with Crippen molar-refractivity contribution in [1.82, 2.24) is 15.6 Å². The molecule has 0 bridgehead atoms. The summed E-state index contributed by atoms with van der Waals surface area (Å²) < 4.78 is 0. The Balaban J connectivity index is 2.35. The smallest absolute Gasteiger partial charge is 0.222 e. The Hall–Kier alpha value is -1.46. The molecule has 0 radical (unpaired) electrons. The molecule has 2 rings (SSSR count).